The standard InChI is InChI=1S/C52H35NO2/c1-51(2)41-18-8-6-16-35(41)37-26-24-33(28-45(37)51)53(32-14-4-3-5-15-32)34-25-27-38-40-30-46-39(31-50(40)55-49(38)29-34)36-17-7-9-19-42(36)52(46)43-20-10-12-22-47(43)54-48-23-13-11-21-44(48)52/h3-31H,1-2H3. The minimum Gasteiger partial charge on any atom is -0.457 e. The van der Waals surface area contributed by atoms with Gasteiger partial charge in [-0.15, -0.1) is 0 Å². The largest absolute Gasteiger partial charge is 0.457 e. The van der Waals surface area contributed by atoms with E-state index in [-0.39, 0.29) is 5.41 Å². The van der Waals surface area contributed by atoms with Crippen molar-refractivity contribution in [3.8, 4) is 33.8 Å². The summed E-state index contributed by atoms with van der Waals surface area (Å²) in [4.78, 5) is 2.35. The van der Waals surface area contributed by atoms with Gasteiger partial charge in [0, 0.05) is 50.4 Å². The highest BCUT2D eigenvalue weighted by Gasteiger charge is 2.51. The van der Waals surface area contributed by atoms with Gasteiger partial charge >= 0.3 is 0 Å². The molecular formula is C52H35NO2. The number of fused-ring (bicyclic) bond motifs is 15. The molecule has 1 aromatic heterocycles. The molecular weight excluding hydrogens is 671 g/mol. The fraction of sp³-hybridized carbons (Fsp3) is 0.0769. The van der Waals surface area contributed by atoms with Crippen molar-refractivity contribution >= 4 is 39.0 Å². The van der Waals surface area contributed by atoms with E-state index < -0.39 is 5.41 Å². The molecule has 1 spiro atoms. The number of para-hydroxylation sites is 3. The molecule has 3 heteroatoms. The fourth-order valence-electron chi connectivity index (χ4n) is 10.1. The van der Waals surface area contributed by atoms with E-state index in [1.54, 1.807) is 0 Å². The lowest BCUT2D eigenvalue weighted by molar-refractivity contribution is 0.436. The van der Waals surface area contributed by atoms with Crippen molar-refractivity contribution < 1.29 is 9.15 Å². The molecule has 0 saturated carbocycles. The number of hydrogen-bond donors (Lipinski definition) is 0. The van der Waals surface area contributed by atoms with Crippen molar-refractivity contribution in [2.75, 3.05) is 4.90 Å². The number of ether oxygens (including phenoxy) is 1. The number of benzene rings is 8. The summed E-state index contributed by atoms with van der Waals surface area (Å²) in [5.74, 6) is 1.79. The zero-order valence-corrected chi connectivity index (χ0v) is 30.5. The number of hydrogen-bond acceptors (Lipinski definition) is 3. The molecule has 3 aliphatic rings. The van der Waals surface area contributed by atoms with Gasteiger partial charge in [0.25, 0.3) is 0 Å². The average Bonchev–Trinajstić information content (AvgIpc) is 3.81. The third kappa shape index (κ3) is 4.00. The van der Waals surface area contributed by atoms with E-state index in [4.69, 9.17) is 9.15 Å². The Balaban J connectivity index is 1.06. The van der Waals surface area contributed by atoms with E-state index in [1.807, 2.05) is 0 Å². The van der Waals surface area contributed by atoms with Crippen LogP contribution in [0.5, 0.6) is 11.5 Å². The summed E-state index contributed by atoms with van der Waals surface area (Å²) in [7, 11) is 0. The Morgan fingerprint density at radius 3 is 1.69 bits per heavy atom. The van der Waals surface area contributed by atoms with Gasteiger partial charge in [-0.05, 0) is 105 Å². The molecule has 0 amide bonds. The van der Waals surface area contributed by atoms with Gasteiger partial charge in [0.05, 0.1) is 5.41 Å². The molecule has 0 saturated heterocycles. The molecule has 8 aromatic carbocycles. The van der Waals surface area contributed by atoms with Crippen LogP contribution in [0.15, 0.2) is 180 Å². The van der Waals surface area contributed by atoms with Gasteiger partial charge in [-0.2, -0.15) is 0 Å². The maximum atomic E-state index is 6.87. The van der Waals surface area contributed by atoms with Gasteiger partial charge in [-0.25, -0.2) is 0 Å². The highest BCUT2D eigenvalue weighted by Crippen LogP contribution is 2.63. The summed E-state index contributed by atoms with van der Waals surface area (Å²) in [6.07, 6.45) is 0. The first-order valence-corrected chi connectivity index (χ1v) is 19.1. The molecule has 0 unspecified atom stereocenters. The Hall–Kier alpha value is -6.84. The summed E-state index contributed by atoms with van der Waals surface area (Å²) < 4.78 is 13.4. The lowest BCUT2D eigenvalue weighted by atomic mass is 9.66. The zero-order valence-electron chi connectivity index (χ0n) is 30.5. The van der Waals surface area contributed by atoms with Crippen molar-refractivity contribution in [1.29, 1.82) is 0 Å². The molecule has 0 fully saturated rings. The van der Waals surface area contributed by atoms with Gasteiger partial charge in [-0.1, -0.05) is 123 Å². The minimum absolute atomic E-state index is 0.102. The van der Waals surface area contributed by atoms with Gasteiger partial charge < -0.3 is 14.1 Å². The van der Waals surface area contributed by atoms with Crippen LogP contribution >= 0.6 is 0 Å². The Kier molecular flexibility index (Phi) is 6.05. The van der Waals surface area contributed by atoms with E-state index >= 15 is 0 Å². The molecule has 0 atom stereocenters. The lowest BCUT2D eigenvalue weighted by Crippen LogP contribution is -2.32. The molecule has 12 rings (SSSR count). The molecule has 9 aromatic rings. The lowest BCUT2D eigenvalue weighted by Gasteiger charge is -2.39. The minimum atomic E-state index is -0.528. The first kappa shape index (κ1) is 30.6. The van der Waals surface area contributed by atoms with Crippen LogP contribution in [-0.2, 0) is 10.8 Å². The smallest absolute Gasteiger partial charge is 0.137 e. The van der Waals surface area contributed by atoms with E-state index in [0.717, 1.165) is 61.6 Å². The van der Waals surface area contributed by atoms with Crippen molar-refractivity contribution in [2.24, 2.45) is 0 Å². The summed E-state index contributed by atoms with van der Waals surface area (Å²) in [5.41, 5.74) is 17.0. The Labute approximate surface area is 319 Å². The zero-order chi connectivity index (χ0) is 36.5. The summed E-state index contributed by atoms with van der Waals surface area (Å²) in [5, 5.41) is 2.21. The molecule has 2 aliphatic carbocycles. The molecule has 0 bridgehead atoms. The van der Waals surface area contributed by atoms with Gasteiger partial charge in [0.1, 0.15) is 22.7 Å². The second-order valence-electron chi connectivity index (χ2n) is 15.6. The molecule has 260 valence electrons. The third-order valence-electron chi connectivity index (χ3n) is 12.5. The first-order chi connectivity index (χ1) is 27.0. The molecule has 2 heterocycles. The third-order valence-corrected chi connectivity index (χ3v) is 12.5. The van der Waals surface area contributed by atoms with Crippen LogP contribution in [0.1, 0.15) is 47.2 Å². The van der Waals surface area contributed by atoms with Crippen LogP contribution < -0.4 is 9.64 Å². The van der Waals surface area contributed by atoms with Crippen LogP contribution in [0.4, 0.5) is 17.1 Å². The normalized spacial score (nSPS) is 14.8. The Bertz CT molecular complexity index is 3010. The van der Waals surface area contributed by atoms with E-state index in [2.05, 4.69) is 195 Å². The van der Waals surface area contributed by atoms with E-state index in [9.17, 15) is 0 Å². The molecule has 3 nitrogen and oxygen atoms in total. The molecule has 55 heavy (non-hydrogen) atoms. The van der Waals surface area contributed by atoms with Crippen LogP contribution in [0.2, 0.25) is 0 Å². The topological polar surface area (TPSA) is 25.6 Å². The van der Waals surface area contributed by atoms with Gasteiger partial charge in [-0.3, -0.25) is 0 Å². The predicted octanol–water partition coefficient (Wildman–Crippen LogP) is 13.8. The highest BCUT2D eigenvalue weighted by molar-refractivity contribution is 6.09. The van der Waals surface area contributed by atoms with E-state index in [0.29, 0.717) is 0 Å². The van der Waals surface area contributed by atoms with E-state index in [1.165, 1.54) is 44.5 Å². The van der Waals surface area contributed by atoms with Crippen molar-refractivity contribution in [1.82, 2.24) is 0 Å². The molecule has 1 aliphatic heterocycles. The van der Waals surface area contributed by atoms with Crippen molar-refractivity contribution in [3.63, 3.8) is 0 Å². The number of furan rings is 1. The number of rotatable bonds is 3. The predicted molar refractivity (Wildman–Crippen MR) is 223 cm³/mol. The molecule has 0 N–H and O–H groups in total. The first-order valence-electron chi connectivity index (χ1n) is 19.1. The highest BCUT2D eigenvalue weighted by atomic mass is 16.5. The summed E-state index contributed by atoms with van der Waals surface area (Å²) >= 11 is 0. The van der Waals surface area contributed by atoms with Crippen molar-refractivity contribution in [3.05, 3.63) is 209 Å². The van der Waals surface area contributed by atoms with Crippen molar-refractivity contribution in [2.45, 2.75) is 24.7 Å². The quantitative estimate of drug-likeness (QED) is 0.183. The number of anilines is 3. The van der Waals surface area contributed by atoms with Crippen LogP contribution in [0, 0.1) is 0 Å². The SMILES string of the molecule is CC1(C)c2ccccc2-c2ccc(N(c3ccccc3)c3ccc4c(c3)oc3cc5c(cc34)C3(c4ccccc4Oc4ccccc43)c3ccccc3-5)cc21. The average molecular weight is 706 g/mol. The van der Waals surface area contributed by atoms with Gasteiger partial charge in [0.2, 0.25) is 0 Å². The summed E-state index contributed by atoms with van der Waals surface area (Å²) in [6.45, 7) is 4.68. The maximum Gasteiger partial charge on any atom is 0.137 e. The van der Waals surface area contributed by atoms with Crippen LogP contribution in [-0.4, -0.2) is 0 Å². The number of nitrogens with zero attached hydrogens (tertiary/aromatic N) is 1. The second kappa shape index (κ2) is 10.9. The maximum absolute atomic E-state index is 6.87. The second-order valence-corrected chi connectivity index (χ2v) is 15.6. The molecule has 0 radical (unpaired) electrons. The van der Waals surface area contributed by atoms with Crippen LogP contribution in [0.3, 0.4) is 0 Å². The van der Waals surface area contributed by atoms with Crippen LogP contribution in [0.25, 0.3) is 44.2 Å². The van der Waals surface area contributed by atoms with Gasteiger partial charge in [0.15, 0.2) is 0 Å². The monoisotopic (exact) mass is 705 g/mol. The fourth-order valence-corrected chi connectivity index (χ4v) is 10.1. The Morgan fingerprint density at radius 2 is 0.945 bits per heavy atom. The Morgan fingerprint density at radius 1 is 0.382 bits per heavy atom. The summed E-state index contributed by atoms with van der Waals surface area (Å²) in [6, 6.07) is 63.7.